The lowest BCUT2D eigenvalue weighted by molar-refractivity contribution is -0.121. The number of nitrogens with zero attached hydrogens (tertiary/aromatic N) is 5. The quantitative estimate of drug-likeness (QED) is 0.866. The van der Waals surface area contributed by atoms with Crippen molar-refractivity contribution in [1.82, 2.24) is 24.9 Å². The van der Waals surface area contributed by atoms with Gasteiger partial charge in [-0.1, -0.05) is 13.8 Å². The lowest BCUT2D eigenvalue weighted by atomic mass is 10.1. The van der Waals surface area contributed by atoms with Crippen molar-refractivity contribution in [3.63, 3.8) is 0 Å². The molecule has 0 bridgehead atoms. The molecule has 1 saturated heterocycles. The van der Waals surface area contributed by atoms with E-state index in [4.69, 9.17) is 0 Å². The van der Waals surface area contributed by atoms with Gasteiger partial charge in [0.25, 0.3) is 5.78 Å². The van der Waals surface area contributed by atoms with Gasteiger partial charge in [-0.15, -0.1) is 0 Å². The van der Waals surface area contributed by atoms with Crippen LogP contribution in [0.2, 0.25) is 0 Å². The van der Waals surface area contributed by atoms with Crippen molar-refractivity contribution in [2.75, 3.05) is 18.0 Å². The average Bonchev–Trinajstić information content (AvgIpc) is 2.84. The highest BCUT2D eigenvalue weighted by Crippen LogP contribution is 2.22. The Bertz CT molecular complexity index is 649. The maximum atomic E-state index is 11.7. The number of carbonyl (C=O) groups excluding carboxylic acids is 1. The summed E-state index contributed by atoms with van der Waals surface area (Å²) in [5.74, 6) is 1.77. The van der Waals surface area contributed by atoms with Gasteiger partial charge in [-0.3, -0.25) is 4.79 Å². The first kappa shape index (κ1) is 12.8. The summed E-state index contributed by atoms with van der Waals surface area (Å²) in [7, 11) is 0. The molecule has 3 rings (SSSR count). The summed E-state index contributed by atoms with van der Waals surface area (Å²) < 4.78 is 1.69. The van der Waals surface area contributed by atoms with Gasteiger partial charge in [0.05, 0.1) is 12.2 Å². The van der Waals surface area contributed by atoms with Gasteiger partial charge in [0.1, 0.15) is 12.1 Å². The molecule has 2 aromatic rings. The molecule has 1 atom stereocenters. The molecule has 7 nitrogen and oxygen atoms in total. The zero-order valence-corrected chi connectivity index (χ0v) is 11.9. The molecule has 7 heteroatoms. The molecule has 0 aromatic carbocycles. The van der Waals surface area contributed by atoms with E-state index in [2.05, 4.69) is 34.2 Å². The van der Waals surface area contributed by atoms with Crippen LogP contribution >= 0.6 is 0 Å². The summed E-state index contributed by atoms with van der Waals surface area (Å²) in [5.41, 5.74) is 0.958. The number of rotatable bonds is 2. The van der Waals surface area contributed by atoms with Gasteiger partial charge < -0.3 is 10.2 Å². The summed E-state index contributed by atoms with van der Waals surface area (Å²) in [5, 5.41) is 7.13. The molecule has 1 fully saturated rings. The molecular formula is C13H18N6O. The van der Waals surface area contributed by atoms with Crippen LogP contribution in [0.25, 0.3) is 5.78 Å². The summed E-state index contributed by atoms with van der Waals surface area (Å²) in [6.07, 6.45) is 1.49. The van der Waals surface area contributed by atoms with E-state index < -0.39 is 0 Å². The van der Waals surface area contributed by atoms with Gasteiger partial charge in [0.15, 0.2) is 0 Å². The Morgan fingerprint density at radius 3 is 2.95 bits per heavy atom. The summed E-state index contributed by atoms with van der Waals surface area (Å²) in [6, 6.07) is 2.11. The van der Waals surface area contributed by atoms with Crippen LogP contribution in [0.4, 0.5) is 5.82 Å². The lowest BCUT2D eigenvalue weighted by Crippen LogP contribution is -2.53. The van der Waals surface area contributed by atoms with Gasteiger partial charge >= 0.3 is 0 Å². The molecule has 1 N–H and O–H groups in total. The highest BCUT2D eigenvalue weighted by atomic mass is 16.2. The van der Waals surface area contributed by atoms with E-state index in [1.807, 2.05) is 17.9 Å². The predicted octanol–water partition coefficient (Wildman–Crippen LogP) is 0.572. The average molecular weight is 274 g/mol. The second-order valence-corrected chi connectivity index (χ2v) is 5.51. The van der Waals surface area contributed by atoms with E-state index in [-0.39, 0.29) is 11.9 Å². The number of anilines is 1. The van der Waals surface area contributed by atoms with Gasteiger partial charge in [-0.2, -0.15) is 14.6 Å². The summed E-state index contributed by atoms with van der Waals surface area (Å²) in [4.78, 5) is 22.4. The SMILES string of the molecule is CC(C)c1cc(N2CC(=O)N[C@@H](C)C2)n2ncnc2n1. The van der Waals surface area contributed by atoms with Gasteiger partial charge in [-0.05, 0) is 12.8 Å². The minimum Gasteiger partial charge on any atom is -0.350 e. The topological polar surface area (TPSA) is 75.4 Å². The standard InChI is InChI=1S/C13H18N6O/c1-8(2)10-4-12(19-13(17-10)14-7-15-19)18-5-9(3)16-11(20)6-18/h4,7-9H,5-6H2,1-3H3,(H,16,20)/t9-/m0/s1. The molecule has 3 heterocycles. The van der Waals surface area contributed by atoms with E-state index in [1.54, 1.807) is 4.52 Å². The molecule has 106 valence electrons. The number of amides is 1. The molecule has 1 amide bonds. The zero-order chi connectivity index (χ0) is 14.3. The smallest absolute Gasteiger partial charge is 0.254 e. The Balaban J connectivity index is 2.09. The van der Waals surface area contributed by atoms with Crippen LogP contribution in [0.3, 0.4) is 0 Å². The second-order valence-electron chi connectivity index (χ2n) is 5.51. The van der Waals surface area contributed by atoms with Crippen LogP contribution < -0.4 is 10.2 Å². The van der Waals surface area contributed by atoms with E-state index in [0.717, 1.165) is 18.1 Å². The summed E-state index contributed by atoms with van der Waals surface area (Å²) in [6.45, 7) is 7.26. The van der Waals surface area contributed by atoms with Crippen LogP contribution in [0.1, 0.15) is 32.4 Å². The molecule has 2 aromatic heterocycles. The first-order valence-corrected chi connectivity index (χ1v) is 6.79. The normalized spacial score (nSPS) is 19.7. The van der Waals surface area contributed by atoms with Crippen LogP contribution in [0.15, 0.2) is 12.4 Å². The van der Waals surface area contributed by atoms with Gasteiger partial charge in [-0.25, -0.2) is 4.98 Å². The number of aromatic nitrogens is 4. The summed E-state index contributed by atoms with van der Waals surface area (Å²) >= 11 is 0. The lowest BCUT2D eigenvalue weighted by Gasteiger charge is -2.32. The second kappa shape index (κ2) is 4.73. The Labute approximate surface area is 117 Å². The van der Waals surface area contributed by atoms with Crippen molar-refractivity contribution in [1.29, 1.82) is 0 Å². The van der Waals surface area contributed by atoms with E-state index >= 15 is 0 Å². The largest absolute Gasteiger partial charge is 0.350 e. The first-order chi connectivity index (χ1) is 9.54. The van der Waals surface area contributed by atoms with Crippen LogP contribution in [-0.2, 0) is 4.79 Å². The highest BCUT2D eigenvalue weighted by molar-refractivity contribution is 5.82. The number of carbonyl (C=O) groups is 1. The third kappa shape index (κ3) is 2.19. The van der Waals surface area contributed by atoms with E-state index in [1.165, 1.54) is 6.33 Å². The van der Waals surface area contributed by atoms with Crippen molar-refractivity contribution in [2.24, 2.45) is 0 Å². The fourth-order valence-corrected chi connectivity index (χ4v) is 2.44. The van der Waals surface area contributed by atoms with Crippen LogP contribution in [0, 0.1) is 0 Å². The van der Waals surface area contributed by atoms with Crippen molar-refractivity contribution in [2.45, 2.75) is 32.7 Å². The Morgan fingerprint density at radius 1 is 1.45 bits per heavy atom. The molecule has 0 saturated carbocycles. The number of fused-ring (bicyclic) bond motifs is 1. The van der Waals surface area contributed by atoms with Crippen molar-refractivity contribution < 1.29 is 4.79 Å². The predicted molar refractivity (Wildman–Crippen MR) is 74.7 cm³/mol. The third-order valence-electron chi connectivity index (χ3n) is 3.40. The number of hydrogen-bond acceptors (Lipinski definition) is 5. The number of nitrogens with one attached hydrogen (secondary N) is 1. The van der Waals surface area contributed by atoms with Gasteiger partial charge in [0.2, 0.25) is 5.91 Å². The van der Waals surface area contributed by atoms with Crippen molar-refractivity contribution in [3.05, 3.63) is 18.1 Å². The maximum absolute atomic E-state index is 11.7. The van der Waals surface area contributed by atoms with Crippen LogP contribution in [0.5, 0.6) is 0 Å². The molecule has 1 aliphatic heterocycles. The molecule has 0 unspecified atom stereocenters. The first-order valence-electron chi connectivity index (χ1n) is 6.79. The fourth-order valence-electron chi connectivity index (χ4n) is 2.44. The van der Waals surface area contributed by atoms with Crippen molar-refractivity contribution >= 4 is 17.5 Å². The van der Waals surface area contributed by atoms with Crippen LogP contribution in [-0.4, -0.2) is 44.6 Å². The molecule has 20 heavy (non-hydrogen) atoms. The maximum Gasteiger partial charge on any atom is 0.254 e. The zero-order valence-electron chi connectivity index (χ0n) is 11.9. The Morgan fingerprint density at radius 2 is 2.25 bits per heavy atom. The molecule has 1 aliphatic rings. The van der Waals surface area contributed by atoms with Crippen molar-refractivity contribution in [3.8, 4) is 0 Å². The Kier molecular flexibility index (Phi) is 3.04. The van der Waals surface area contributed by atoms with E-state index in [0.29, 0.717) is 18.2 Å². The molecular weight excluding hydrogens is 256 g/mol. The monoisotopic (exact) mass is 274 g/mol. The number of piperazine rings is 1. The van der Waals surface area contributed by atoms with Gasteiger partial charge in [0, 0.05) is 18.7 Å². The van der Waals surface area contributed by atoms with E-state index in [9.17, 15) is 4.79 Å². The molecule has 0 radical (unpaired) electrons. The molecule has 0 aliphatic carbocycles. The minimum absolute atomic E-state index is 0.0277. The molecule has 0 spiro atoms. The minimum atomic E-state index is 0.0277. The fraction of sp³-hybridized carbons (Fsp3) is 0.538. The number of hydrogen-bond donors (Lipinski definition) is 1. The third-order valence-corrected chi connectivity index (χ3v) is 3.40. The Hall–Kier alpha value is -2.18. The highest BCUT2D eigenvalue weighted by Gasteiger charge is 2.24.